The average Bonchev–Trinajstić information content (AvgIpc) is 3.24. The van der Waals surface area contributed by atoms with E-state index in [0.29, 0.717) is 10.8 Å². The van der Waals surface area contributed by atoms with Crippen LogP contribution < -0.4 is 5.32 Å². The van der Waals surface area contributed by atoms with Crippen LogP contribution in [-0.4, -0.2) is 31.3 Å². The van der Waals surface area contributed by atoms with Gasteiger partial charge in [-0.15, -0.1) is 21.5 Å². The van der Waals surface area contributed by atoms with Gasteiger partial charge in [-0.1, -0.05) is 23.9 Å². The molecule has 2 heterocycles. The zero-order valence-corrected chi connectivity index (χ0v) is 15.6. The summed E-state index contributed by atoms with van der Waals surface area (Å²) in [6.07, 6.45) is 0. The van der Waals surface area contributed by atoms with Crippen LogP contribution in [0.2, 0.25) is 0 Å². The van der Waals surface area contributed by atoms with E-state index in [2.05, 4.69) is 15.5 Å². The molecule has 0 fully saturated rings. The number of rotatable bonds is 6. The Morgan fingerprint density at radius 2 is 2.19 bits per heavy atom. The van der Waals surface area contributed by atoms with Gasteiger partial charge in [0, 0.05) is 19.2 Å². The molecule has 0 aliphatic carbocycles. The Bertz CT molecular complexity index is 953. The van der Waals surface area contributed by atoms with Crippen molar-refractivity contribution in [3.05, 3.63) is 51.4 Å². The molecule has 134 valence electrons. The number of hydrogen-bond donors (Lipinski definition) is 1. The molecule has 0 atom stereocenters. The zero-order valence-electron chi connectivity index (χ0n) is 14.0. The van der Waals surface area contributed by atoms with Crippen molar-refractivity contribution in [3.63, 3.8) is 0 Å². The molecule has 0 radical (unpaired) electrons. The quantitative estimate of drug-likeness (QED) is 0.393. The average molecular weight is 389 g/mol. The molecule has 0 spiro atoms. The minimum atomic E-state index is -0.491. The van der Waals surface area contributed by atoms with Crippen molar-refractivity contribution in [1.29, 1.82) is 0 Å². The number of nitrogens with zero attached hydrogens (tertiary/aromatic N) is 4. The largest absolute Gasteiger partial charge is 0.325 e. The Kier molecular flexibility index (Phi) is 5.33. The zero-order chi connectivity index (χ0) is 18.7. The molecular weight excluding hydrogens is 374 g/mol. The van der Waals surface area contributed by atoms with E-state index >= 15 is 0 Å². The third kappa shape index (κ3) is 3.92. The smallest absolute Gasteiger partial charge is 0.271 e. The second-order valence-corrected chi connectivity index (χ2v) is 7.33. The Morgan fingerprint density at radius 3 is 2.88 bits per heavy atom. The predicted octanol–water partition coefficient (Wildman–Crippen LogP) is 3.49. The lowest BCUT2D eigenvalue weighted by atomic mass is 10.2. The number of carbonyl (C=O) groups is 1. The molecule has 26 heavy (non-hydrogen) atoms. The molecule has 2 aromatic heterocycles. The summed E-state index contributed by atoms with van der Waals surface area (Å²) in [7, 11) is 1.85. The van der Waals surface area contributed by atoms with E-state index in [1.165, 1.54) is 23.9 Å². The topological polar surface area (TPSA) is 103 Å². The number of amides is 1. The molecular formula is C16H15N5O3S2. The van der Waals surface area contributed by atoms with Crippen molar-refractivity contribution >= 4 is 40.4 Å². The number of carbonyl (C=O) groups excluding carboxylic acids is 1. The number of nitro benzene ring substituents is 1. The van der Waals surface area contributed by atoms with E-state index in [0.717, 1.165) is 16.3 Å². The van der Waals surface area contributed by atoms with E-state index < -0.39 is 4.92 Å². The van der Waals surface area contributed by atoms with Gasteiger partial charge < -0.3 is 9.88 Å². The molecule has 10 heteroatoms. The lowest BCUT2D eigenvalue weighted by molar-refractivity contribution is -0.384. The minimum absolute atomic E-state index is 0.0626. The maximum Gasteiger partial charge on any atom is 0.271 e. The molecule has 0 saturated heterocycles. The molecule has 0 aliphatic rings. The molecule has 0 bridgehead atoms. The number of hydrogen-bond acceptors (Lipinski definition) is 7. The van der Waals surface area contributed by atoms with Crippen LogP contribution in [0.3, 0.4) is 0 Å². The fourth-order valence-electron chi connectivity index (χ4n) is 2.24. The molecule has 3 aromatic rings. The molecule has 1 amide bonds. The predicted molar refractivity (Wildman–Crippen MR) is 102 cm³/mol. The van der Waals surface area contributed by atoms with Crippen molar-refractivity contribution in [2.24, 2.45) is 7.05 Å². The van der Waals surface area contributed by atoms with Crippen LogP contribution in [0.25, 0.3) is 10.7 Å². The van der Waals surface area contributed by atoms with Crippen LogP contribution >= 0.6 is 23.1 Å². The van der Waals surface area contributed by atoms with Gasteiger partial charge in [-0.05, 0) is 23.9 Å². The SMILES string of the molecule is Cc1ccc([N+](=O)[O-])cc1NC(=O)CSc1nnc(-c2cccs2)n1C. The Morgan fingerprint density at radius 1 is 1.38 bits per heavy atom. The van der Waals surface area contributed by atoms with Gasteiger partial charge in [0.25, 0.3) is 5.69 Å². The molecule has 1 aromatic carbocycles. The maximum absolute atomic E-state index is 12.2. The summed E-state index contributed by atoms with van der Waals surface area (Å²) in [5.41, 5.74) is 1.13. The van der Waals surface area contributed by atoms with Gasteiger partial charge in [0.05, 0.1) is 21.2 Å². The lowest BCUT2D eigenvalue weighted by Gasteiger charge is -2.08. The maximum atomic E-state index is 12.2. The number of benzene rings is 1. The van der Waals surface area contributed by atoms with Crippen LogP contribution in [0, 0.1) is 17.0 Å². The van der Waals surface area contributed by atoms with Gasteiger partial charge in [0.2, 0.25) is 5.91 Å². The molecule has 0 saturated carbocycles. The van der Waals surface area contributed by atoms with Crippen molar-refractivity contribution in [2.75, 3.05) is 11.1 Å². The summed E-state index contributed by atoms with van der Waals surface area (Å²) in [5, 5.41) is 24.4. The minimum Gasteiger partial charge on any atom is -0.325 e. The summed E-state index contributed by atoms with van der Waals surface area (Å²) in [6, 6.07) is 8.27. The first-order valence-corrected chi connectivity index (χ1v) is 9.43. The second-order valence-electron chi connectivity index (χ2n) is 5.44. The Hall–Kier alpha value is -2.72. The molecule has 0 unspecified atom stereocenters. The standard InChI is InChI=1S/C16H15N5O3S2/c1-10-5-6-11(21(23)24)8-12(10)17-14(22)9-26-16-19-18-15(20(16)2)13-4-3-7-25-13/h3-8H,9H2,1-2H3,(H,17,22). The first-order valence-electron chi connectivity index (χ1n) is 7.56. The van der Waals surface area contributed by atoms with E-state index in [1.54, 1.807) is 24.3 Å². The van der Waals surface area contributed by atoms with Gasteiger partial charge in [-0.25, -0.2) is 0 Å². The van der Waals surface area contributed by atoms with Crippen LogP contribution in [-0.2, 0) is 11.8 Å². The second kappa shape index (κ2) is 7.67. The lowest BCUT2D eigenvalue weighted by Crippen LogP contribution is -2.15. The van der Waals surface area contributed by atoms with Gasteiger partial charge in [0.1, 0.15) is 0 Å². The molecule has 1 N–H and O–H groups in total. The summed E-state index contributed by atoms with van der Waals surface area (Å²) in [6.45, 7) is 1.78. The van der Waals surface area contributed by atoms with Crippen molar-refractivity contribution in [3.8, 4) is 10.7 Å². The van der Waals surface area contributed by atoms with Crippen LogP contribution in [0.5, 0.6) is 0 Å². The molecule has 3 rings (SSSR count). The molecule has 0 aliphatic heterocycles. The Labute approximate surface area is 157 Å². The van der Waals surface area contributed by atoms with Crippen molar-refractivity contribution < 1.29 is 9.72 Å². The van der Waals surface area contributed by atoms with Gasteiger partial charge >= 0.3 is 0 Å². The van der Waals surface area contributed by atoms with Gasteiger partial charge in [0.15, 0.2) is 11.0 Å². The highest BCUT2D eigenvalue weighted by Gasteiger charge is 2.15. The summed E-state index contributed by atoms with van der Waals surface area (Å²) in [5.74, 6) is 0.607. The monoisotopic (exact) mass is 389 g/mol. The number of thiophene rings is 1. The number of nitro groups is 1. The van der Waals surface area contributed by atoms with Crippen LogP contribution in [0.15, 0.2) is 40.9 Å². The fourth-order valence-corrected chi connectivity index (χ4v) is 3.69. The van der Waals surface area contributed by atoms with E-state index in [9.17, 15) is 14.9 Å². The highest BCUT2D eigenvalue weighted by molar-refractivity contribution is 7.99. The molecule has 8 nitrogen and oxygen atoms in total. The highest BCUT2D eigenvalue weighted by Crippen LogP contribution is 2.26. The first-order chi connectivity index (χ1) is 12.5. The normalized spacial score (nSPS) is 10.7. The number of anilines is 1. The van der Waals surface area contributed by atoms with Gasteiger partial charge in [-0.3, -0.25) is 14.9 Å². The number of nitrogens with one attached hydrogen (secondary N) is 1. The van der Waals surface area contributed by atoms with E-state index in [1.807, 2.05) is 29.1 Å². The highest BCUT2D eigenvalue weighted by atomic mass is 32.2. The third-order valence-electron chi connectivity index (χ3n) is 3.61. The summed E-state index contributed by atoms with van der Waals surface area (Å²) in [4.78, 5) is 23.6. The van der Waals surface area contributed by atoms with Crippen LogP contribution in [0.1, 0.15) is 5.56 Å². The third-order valence-corrected chi connectivity index (χ3v) is 5.50. The summed E-state index contributed by atoms with van der Waals surface area (Å²) >= 11 is 2.82. The van der Waals surface area contributed by atoms with E-state index in [-0.39, 0.29) is 17.3 Å². The van der Waals surface area contributed by atoms with Crippen LogP contribution in [0.4, 0.5) is 11.4 Å². The number of aryl methyl sites for hydroxylation is 1. The van der Waals surface area contributed by atoms with Gasteiger partial charge in [-0.2, -0.15) is 0 Å². The first kappa shape index (κ1) is 18.1. The van der Waals surface area contributed by atoms with Crippen molar-refractivity contribution in [2.45, 2.75) is 12.1 Å². The number of aromatic nitrogens is 3. The number of non-ortho nitro benzene ring substituents is 1. The number of thioether (sulfide) groups is 1. The fraction of sp³-hybridized carbons (Fsp3) is 0.188. The van der Waals surface area contributed by atoms with E-state index in [4.69, 9.17) is 0 Å². The Balaban J connectivity index is 1.65. The van der Waals surface area contributed by atoms with Crippen molar-refractivity contribution in [1.82, 2.24) is 14.8 Å². The summed E-state index contributed by atoms with van der Waals surface area (Å²) < 4.78 is 1.84.